The number of amides is 1. The van der Waals surface area contributed by atoms with Crippen LogP contribution in [0.5, 0.6) is 0 Å². The maximum absolute atomic E-state index is 13.5. The molecule has 4 rings (SSSR count). The van der Waals surface area contributed by atoms with Crippen LogP contribution in [-0.2, 0) is 15.1 Å². The molecule has 0 aromatic heterocycles. The summed E-state index contributed by atoms with van der Waals surface area (Å²) >= 11 is 6.09. The van der Waals surface area contributed by atoms with Gasteiger partial charge in [0.25, 0.3) is 5.91 Å². The summed E-state index contributed by atoms with van der Waals surface area (Å²) in [5.74, 6) is 0.276. The summed E-state index contributed by atoms with van der Waals surface area (Å²) < 4.78 is 6.06. The second-order valence-electron chi connectivity index (χ2n) is 8.21. The Balaban J connectivity index is 1.57. The highest BCUT2D eigenvalue weighted by Crippen LogP contribution is 2.37. The van der Waals surface area contributed by atoms with Gasteiger partial charge >= 0.3 is 0 Å². The van der Waals surface area contributed by atoms with Crippen LogP contribution in [0.1, 0.15) is 48.3 Å². The number of benzene rings is 3. The molecule has 1 fully saturated rings. The number of carbonyl (C=O) groups is 1. The van der Waals surface area contributed by atoms with Gasteiger partial charge in [0.2, 0.25) is 0 Å². The monoisotopic (exact) mass is 433 g/mol. The molecular weight excluding hydrogens is 406 g/mol. The molecule has 0 aliphatic carbocycles. The van der Waals surface area contributed by atoms with Crippen LogP contribution in [0, 0.1) is 0 Å². The second kappa shape index (κ2) is 9.67. The Labute approximate surface area is 189 Å². The van der Waals surface area contributed by atoms with Gasteiger partial charge < -0.3 is 10.1 Å². The topological polar surface area (TPSA) is 38.3 Å². The van der Waals surface area contributed by atoms with Gasteiger partial charge in [-0.3, -0.25) is 4.79 Å². The van der Waals surface area contributed by atoms with Crippen molar-refractivity contribution in [2.24, 2.45) is 0 Å². The number of hydrogen-bond acceptors (Lipinski definition) is 2. The zero-order valence-corrected chi connectivity index (χ0v) is 18.5. The van der Waals surface area contributed by atoms with Crippen LogP contribution in [0.25, 0.3) is 0 Å². The van der Waals surface area contributed by atoms with Crippen molar-refractivity contribution in [2.75, 3.05) is 13.2 Å². The van der Waals surface area contributed by atoms with Crippen molar-refractivity contribution in [3.63, 3.8) is 0 Å². The third kappa shape index (κ3) is 4.68. The number of ether oxygens (including phenoxy) is 1. The zero-order valence-electron chi connectivity index (χ0n) is 17.8. The van der Waals surface area contributed by atoms with E-state index in [4.69, 9.17) is 16.3 Å². The van der Waals surface area contributed by atoms with Gasteiger partial charge in [-0.25, -0.2) is 0 Å². The highest BCUT2D eigenvalue weighted by atomic mass is 35.5. The molecule has 1 amide bonds. The summed E-state index contributed by atoms with van der Waals surface area (Å²) in [5.41, 5.74) is 2.42. The fourth-order valence-electron chi connectivity index (χ4n) is 4.51. The Bertz CT molecular complexity index is 983. The van der Waals surface area contributed by atoms with E-state index in [0.29, 0.717) is 19.6 Å². The molecule has 3 aromatic carbocycles. The first-order chi connectivity index (χ1) is 15.1. The van der Waals surface area contributed by atoms with Crippen molar-refractivity contribution < 1.29 is 9.53 Å². The maximum atomic E-state index is 13.5. The molecule has 3 atom stereocenters. The third-order valence-electron chi connectivity index (χ3n) is 6.34. The van der Waals surface area contributed by atoms with Crippen LogP contribution in [-0.4, -0.2) is 19.1 Å². The molecule has 1 aliphatic rings. The van der Waals surface area contributed by atoms with E-state index in [0.717, 1.165) is 17.0 Å². The average molecular weight is 434 g/mol. The molecule has 1 aliphatic heterocycles. The summed E-state index contributed by atoms with van der Waals surface area (Å²) in [5, 5.41) is 3.96. The van der Waals surface area contributed by atoms with Crippen LogP contribution in [0.15, 0.2) is 84.9 Å². The van der Waals surface area contributed by atoms with E-state index in [-0.39, 0.29) is 17.7 Å². The van der Waals surface area contributed by atoms with Crippen LogP contribution >= 0.6 is 11.6 Å². The first kappa shape index (κ1) is 21.6. The molecule has 0 bridgehead atoms. The smallest absolute Gasteiger partial charge is 0.256 e. The van der Waals surface area contributed by atoms with Gasteiger partial charge in [0.1, 0.15) is 0 Å². The SMILES string of the molecule is CC(c1ccc(Cl)cc1)C(CNC(=O)C1(c2ccccc2)CCCO1)c1ccccc1. The van der Waals surface area contributed by atoms with E-state index in [1.165, 1.54) is 11.1 Å². The minimum absolute atomic E-state index is 0.0552. The summed E-state index contributed by atoms with van der Waals surface area (Å²) in [6, 6.07) is 28.2. The number of rotatable bonds is 7. The summed E-state index contributed by atoms with van der Waals surface area (Å²) in [4.78, 5) is 13.5. The molecule has 1 saturated heterocycles. The Kier molecular flexibility index (Phi) is 6.74. The van der Waals surface area contributed by atoms with Crippen molar-refractivity contribution in [1.29, 1.82) is 0 Å². The van der Waals surface area contributed by atoms with E-state index < -0.39 is 5.60 Å². The van der Waals surface area contributed by atoms with E-state index in [1.54, 1.807) is 0 Å². The molecule has 1 heterocycles. The number of hydrogen-bond donors (Lipinski definition) is 1. The molecular formula is C27H28ClNO2. The van der Waals surface area contributed by atoms with Crippen LogP contribution in [0.2, 0.25) is 5.02 Å². The lowest BCUT2D eigenvalue weighted by molar-refractivity contribution is -0.142. The maximum Gasteiger partial charge on any atom is 0.256 e. The first-order valence-corrected chi connectivity index (χ1v) is 11.3. The molecule has 160 valence electrons. The standard InChI is InChI=1S/C27H28ClNO2/c1-20(21-13-15-24(28)16-14-21)25(22-9-4-2-5-10-22)19-29-26(30)27(17-8-18-31-27)23-11-6-3-7-12-23/h2-7,9-16,20,25H,8,17-19H2,1H3,(H,29,30). The van der Waals surface area contributed by atoms with Crippen molar-refractivity contribution in [3.05, 3.63) is 107 Å². The van der Waals surface area contributed by atoms with Crippen molar-refractivity contribution in [3.8, 4) is 0 Å². The Morgan fingerprint density at radius 2 is 1.61 bits per heavy atom. The number of carbonyl (C=O) groups excluding carboxylic acids is 1. The van der Waals surface area contributed by atoms with Gasteiger partial charge in [0.05, 0.1) is 0 Å². The third-order valence-corrected chi connectivity index (χ3v) is 6.59. The minimum atomic E-state index is -0.897. The van der Waals surface area contributed by atoms with Crippen molar-refractivity contribution in [2.45, 2.75) is 37.2 Å². The van der Waals surface area contributed by atoms with Gasteiger partial charge in [0, 0.05) is 24.1 Å². The predicted molar refractivity (Wildman–Crippen MR) is 125 cm³/mol. The predicted octanol–water partition coefficient (Wildman–Crippen LogP) is 6.05. The van der Waals surface area contributed by atoms with E-state index in [9.17, 15) is 4.79 Å². The van der Waals surface area contributed by atoms with Gasteiger partial charge in [-0.2, -0.15) is 0 Å². The molecule has 31 heavy (non-hydrogen) atoms. The first-order valence-electron chi connectivity index (χ1n) is 10.9. The van der Waals surface area contributed by atoms with E-state index in [2.05, 4.69) is 36.5 Å². The van der Waals surface area contributed by atoms with Crippen LogP contribution < -0.4 is 5.32 Å². The van der Waals surface area contributed by atoms with Gasteiger partial charge in [-0.05, 0) is 47.6 Å². The number of nitrogens with one attached hydrogen (secondary N) is 1. The Morgan fingerprint density at radius 3 is 2.23 bits per heavy atom. The van der Waals surface area contributed by atoms with Gasteiger partial charge in [-0.15, -0.1) is 0 Å². The average Bonchev–Trinajstić information content (AvgIpc) is 3.32. The Hall–Kier alpha value is -2.62. The number of halogens is 1. The van der Waals surface area contributed by atoms with Crippen molar-refractivity contribution >= 4 is 17.5 Å². The molecule has 0 spiro atoms. The summed E-state index contributed by atoms with van der Waals surface area (Å²) in [6.07, 6.45) is 1.58. The molecule has 0 saturated carbocycles. The fraction of sp³-hybridized carbons (Fsp3) is 0.296. The highest BCUT2D eigenvalue weighted by Gasteiger charge is 2.44. The molecule has 0 radical (unpaired) electrons. The highest BCUT2D eigenvalue weighted by molar-refractivity contribution is 6.30. The van der Waals surface area contributed by atoms with E-state index in [1.807, 2.05) is 60.7 Å². The van der Waals surface area contributed by atoms with Crippen molar-refractivity contribution in [1.82, 2.24) is 5.32 Å². The summed E-state index contributed by atoms with van der Waals surface area (Å²) in [7, 11) is 0. The molecule has 3 aromatic rings. The Morgan fingerprint density at radius 1 is 0.968 bits per heavy atom. The fourth-order valence-corrected chi connectivity index (χ4v) is 4.64. The molecule has 4 heteroatoms. The molecule has 3 nitrogen and oxygen atoms in total. The lowest BCUT2D eigenvalue weighted by atomic mass is 9.82. The lowest BCUT2D eigenvalue weighted by Crippen LogP contribution is -2.45. The zero-order chi connectivity index (χ0) is 21.7. The second-order valence-corrected chi connectivity index (χ2v) is 8.65. The molecule has 3 unspecified atom stereocenters. The van der Waals surface area contributed by atoms with Crippen LogP contribution in [0.4, 0.5) is 0 Å². The summed E-state index contributed by atoms with van der Waals surface area (Å²) in [6.45, 7) is 3.34. The minimum Gasteiger partial charge on any atom is -0.360 e. The lowest BCUT2D eigenvalue weighted by Gasteiger charge is -2.30. The quantitative estimate of drug-likeness (QED) is 0.492. The largest absolute Gasteiger partial charge is 0.360 e. The van der Waals surface area contributed by atoms with Gasteiger partial charge in [0.15, 0.2) is 5.60 Å². The normalized spacial score (nSPS) is 20.2. The molecule has 1 N–H and O–H groups in total. The van der Waals surface area contributed by atoms with Crippen LogP contribution in [0.3, 0.4) is 0 Å². The van der Waals surface area contributed by atoms with E-state index >= 15 is 0 Å². The van der Waals surface area contributed by atoms with Gasteiger partial charge in [-0.1, -0.05) is 91.3 Å².